The minimum atomic E-state index is -4.86. The summed E-state index contributed by atoms with van der Waals surface area (Å²) < 4.78 is 45.5. The number of nitrogens with two attached hydrogens (primary N) is 1. The molecule has 0 atom stereocenters. The van der Waals surface area contributed by atoms with E-state index in [1.807, 2.05) is 0 Å². The average Bonchev–Trinajstić information content (AvgIpc) is 2.30. The fourth-order valence-corrected chi connectivity index (χ4v) is 2.03. The molecule has 0 aliphatic heterocycles. The van der Waals surface area contributed by atoms with Crippen LogP contribution in [0.15, 0.2) is 6.07 Å². The molecule has 19 heavy (non-hydrogen) atoms. The van der Waals surface area contributed by atoms with Gasteiger partial charge in [0.1, 0.15) is 9.45 Å². The van der Waals surface area contributed by atoms with E-state index in [9.17, 15) is 18.0 Å². The Hall–Kier alpha value is -1.10. The molecule has 1 heterocycles. The molecule has 0 radical (unpaired) electrons. The summed E-state index contributed by atoms with van der Waals surface area (Å²) in [6.45, 7) is -0.0390. The fraction of sp³-hybridized carbons (Fsp3) is 0.400. The number of nitrogens with zero attached hydrogens (tertiary/aromatic N) is 1. The second-order valence-electron chi connectivity index (χ2n) is 3.39. The van der Waals surface area contributed by atoms with Crippen LogP contribution in [0.1, 0.15) is 11.3 Å². The number of aromatic nitrogens is 1. The lowest BCUT2D eigenvalue weighted by molar-refractivity contribution is -0.275. The van der Waals surface area contributed by atoms with Crippen molar-refractivity contribution in [1.29, 1.82) is 0 Å². The summed E-state index contributed by atoms with van der Waals surface area (Å²) in [6, 6.07) is 1.06. The summed E-state index contributed by atoms with van der Waals surface area (Å²) in [6.07, 6.45) is -5.22. The van der Waals surface area contributed by atoms with Crippen molar-refractivity contribution in [3.8, 4) is 5.75 Å². The molecule has 0 spiro atoms. The van der Waals surface area contributed by atoms with Crippen molar-refractivity contribution >= 4 is 28.6 Å². The van der Waals surface area contributed by atoms with E-state index in [1.165, 1.54) is 0 Å². The van der Waals surface area contributed by atoms with Gasteiger partial charge in [0.2, 0.25) is 0 Å². The second-order valence-corrected chi connectivity index (χ2v) is 4.41. The molecule has 1 aromatic rings. The van der Waals surface area contributed by atoms with E-state index in [-0.39, 0.29) is 27.9 Å². The molecule has 0 saturated heterocycles. The number of hydrogen-bond donors (Lipinski definition) is 1. The third kappa shape index (κ3) is 4.82. The van der Waals surface area contributed by atoms with Gasteiger partial charge in [-0.1, -0.05) is 0 Å². The van der Waals surface area contributed by atoms with E-state index in [4.69, 9.17) is 5.73 Å². The van der Waals surface area contributed by atoms with Crippen LogP contribution in [0.2, 0.25) is 0 Å². The number of pyridine rings is 1. The maximum absolute atomic E-state index is 12.3. The Morgan fingerprint density at radius 2 is 2.16 bits per heavy atom. The quantitative estimate of drug-likeness (QED) is 0.482. The number of halogens is 4. The largest absolute Gasteiger partial charge is 0.573 e. The van der Waals surface area contributed by atoms with Gasteiger partial charge in [-0.25, -0.2) is 4.98 Å². The number of carbonyl (C=O) groups excluding carboxylic acids is 1. The van der Waals surface area contributed by atoms with E-state index in [2.05, 4.69) is 14.5 Å². The highest BCUT2D eigenvalue weighted by Gasteiger charge is 2.33. The highest BCUT2D eigenvalue weighted by molar-refractivity contribution is 14.1. The minimum absolute atomic E-state index is 0.0157. The highest BCUT2D eigenvalue weighted by Crippen LogP contribution is 2.30. The summed E-state index contributed by atoms with van der Waals surface area (Å²) in [5.74, 6) is -1.18. The Bertz CT molecular complexity index is 480. The van der Waals surface area contributed by atoms with Crippen LogP contribution in [0.25, 0.3) is 0 Å². The first-order chi connectivity index (χ1) is 8.76. The first-order valence-corrected chi connectivity index (χ1v) is 6.05. The van der Waals surface area contributed by atoms with Crippen LogP contribution < -0.4 is 10.5 Å². The highest BCUT2D eigenvalue weighted by atomic mass is 127. The van der Waals surface area contributed by atoms with Gasteiger partial charge < -0.3 is 15.2 Å². The summed E-state index contributed by atoms with van der Waals surface area (Å²) in [4.78, 5) is 15.2. The molecule has 0 unspecified atom stereocenters. The molecule has 5 nitrogen and oxygen atoms in total. The van der Waals surface area contributed by atoms with E-state index < -0.39 is 18.1 Å². The monoisotopic (exact) mass is 390 g/mol. The third-order valence-corrected chi connectivity index (χ3v) is 2.96. The smallest absolute Gasteiger partial charge is 0.469 e. The second kappa shape index (κ2) is 6.37. The Balaban J connectivity index is 3.21. The number of esters is 1. The Morgan fingerprint density at radius 1 is 1.53 bits per heavy atom. The molecule has 9 heteroatoms. The first kappa shape index (κ1) is 16.0. The van der Waals surface area contributed by atoms with Crippen LogP contribution in [-0.2, 0) is 22.5 Å². The van der Waals surface area contributed by atoms with E-state index in [1.54, 1.807) is 22.6 Å². The topological polar surface area (TPSA) is 74.4 Å². The SMILES string of the molecule is COC(=O)Cc1c(OC(F)(F)F)cc(CN)nc1I. The molecular formula is C10H10F3IN2O3. The van der Waals surface area contributed by atoms with Crippen LogP contribution in [0, 0.1) is 3.70 Å². The zero-order valence-electron chi connectivity index (χ0n) is 9.75. The summed E-state index contributed by atoms with van der Waals surface area (Å²) in [5.41, 5.74) is 5.58. The fourth-order valence-electron chi connectivity index (χ4n) is 1.26. The lowest BCUT2D eigenvalue weighted by Gasteiger charge is -2.15. The average molecular weight is 390 g/mol. The van der Waals surface area contributed by atoms with E-state index >= 15 is 0 Å². The van der Waals surface area contributed by atoms with E-state index in [0.29, 0.717) is 0 Å². The number of alkyl halides is 3. The van der Waals surface area contributed by atoms with Crippen LogP contribution in [0.5, 0.6) is 5.75 Å². The van der Waals surface area contributed by atoms with Crippen LogP contribution in [-0.4, -0.2) is 24.4 Å². The normalized spacial score (nSPS) is 11.3. The Labute approximate surface area is 120 Å². The predicted octanol–water partition coefficient (Wildman–Crippen LogP) is 1.76. The standard InChI is InChI=1S/C10H10F3IN2O3/c1-18-8(17)3-6-7(19-10(11,12)13)2-5(4-15)16-9(6)14/h2H,3-4,15H2,1H3. The maximum atomic E-state index is 12.3. The molecule has 0 aliphatic rings. The Morgan fingerprint density at radius 3 is 2.63 bits per heavy atom. The predicted molar refractivity (Wildman–Crippen MR) is 67.2 cm³/mol. The van der Waals surface area contributed by atoms with Crippen LogP contribution in [0.3, 0.4) is 0 Å². The molecule has 0 aromatic carbocycles. The number of ether oxygens (including phenoxy) is 2. The van der Waals surface area contributed by atoms with Gasteiger partial charge in [-0.15, -0.1) is 13.2 Å². The minimum Gasteiger partial charge on any atom is -0.469 e. The number of rotatable bonds is 4. The summed E-state index contributed by atoms with van der Waals surface area (Å²) >= 11 is 1.71. The molecule has 0 bridgehead atoms. The molecule has 2 N–H and O–H groups in total. The molecule has 0 amide bonds. The van der Waals surface area contributed by atoms with E-state index in [0.717, 1.165) is 13.2 Å². The van der Waals surface area contributed by atoms with Gasteiger partial charge in [0.15, 0.2) is 0 Å². The van der Waals surface area contributed by atoms with Gasteiger partial charge in [-0.05, 0) is 22.6 Å². The van der Waals surface area contributed by atoms with Crippen LogP contribution >= 0.6 is 22.6 Å². The van der Waals surface area contributed by atoms with Gasteiger partial charge in [0, 0.05) is 18.2 Å². The number of hydrogen-bond acceptors (Lipinski definition) is 5. The maximum Gasteiger partial charge on any atom is 0.573 e. The van der Waals surface area contributed by atoms with Gasteiger partial charge in [-0.3, -0.25) is 4.79 Å². The summed E-state index contributed by atoms with van der Waals surface area (Å²) in [5, 5.41) is 0. The number of carbonyl (C=O) groups is 1. The molecule has 0 aliphatic carbocycles. The van der Waals surface area contributed by atoms with Crippen molar-refractivity contribution in [2.45, 2.75) is 19.3 Å². The molecular weight excluding hydrogens is 380 g/mol. The van der Waals surface area contributed by atoms with Crippen molar-refractivity contribution in [2.24, 2.45) is 5.73 Å². The Kier molecular flexibility index (Phi) is 5.35. The summed E-state index contributed by atoms with van der Waals surface area (Å²) in [7, 11) is 1.14. The van der Waals surface area contributed by atoms with Crippen molar-refractivity contribution in [2.75, 3.05) is 7.11 Å². The molecule has 106 valence electrons. The molecule has 1 aromatic heterocycles. The zero-order chi connectivity index (χ0) is 14.6. The number of methoxy groups -OCH3 is 1. The third-order valence-electron chi connectivity index (χ3n) is 2.07. The molecule has 0 saturated carbocycles. The van der Waals surface area contributed by atoms with Crippen LogP contribution in [0.4, 0.5) is 13.2 Å². The van der Waals surface area contributed by atoms with Gasteiger partial charge in [0.25, 0.3) is 0 Å². The van der Waals surface area contributed by atoms with Crippen molar-refractivity contribution in [3.63, 3.8) is 0 Å². The van der Waals surface area contributed by atoms with Crippen molar-refractivity contribution in [3.05, 3.63) is 21.0 Å². The van der Waals surface area contributed by atoms with Crippen molar-refractivity contribution < 1.29 is 27.4 Å². The van der Waals surface area contributed by atoms with Crippen molar-refractivity contribution in [1.82, 2.24) is 4.98 Å². The molecule has 1 rings (SSSR count). The lowest BCUT2D eigenvalue weighted by atomic mass is 10.1. The lowest BCUT2D eigenvalue weighted by Crippen LogP contribution is -2.20. The van der Waals surface area contributed by atoms with Gasteiger partial charge >= 0.3 is 12.3 Å². The molecule has 0 fully saturated rings. The van der Waals surface area contributed by atoms with Gasteiger partial charge in [-0.2, -0.15) is 0 Å². The zero-order valence-corrected chi connectivity index (χ0v) is 11.9. The first-order valence-electron chi connectivity index (χ1n) is 4.97. The van der Waals surface area contributed by atoms with Gasteiger partial charge in [0.05, 0.1) is 19.2 Å².